The van der Waals surface area contributed by atoms with Crippen molar-refractivity contribution in [3.63, 3.8) is 0 Å². The van der Waals surface area contributed by atoms with E-state index in [2.05, 4.69) is 0 Å². The molecular weight excluding hydrogens is 348 g/mol. The number of carbonyl (C=O) groups is 2. The topological polar surface area (TPSA) is 71.1 Å². The highest BCUT2D eigenvalue weighted by Gasteiger charge is 2.12. The summed E-state index contributed by atoms with van der Waals surface area (Å²) in [6.07, 6.45) is 0. The summed E-state index contributed by atoms with van der Waals surface area (Å²) in [6.45, 7) is 5.17. The second kappa shape index (κ2) is 10.3. The van der Waals surface area contributed by atoms with Gasteiger partial charge in [-0.05, 0) is 48.4 Å². The van der Waals surface area contributed by atoms with E-state index < -0.39 is 11.9 Å². The van der Waals surface area contributed by atoms with E-state index in [0.29, 0.717) is 36.7 Å². The molecular formula is C21H24O6. The lowest BCUT2D eigenvalue weighted by Crippen LogP contribution is -2.11. The predicted octanol–water partition coefficient (Wildman–Crippen LogP) is 3.74. The Kier molecular flexibility index (Phi) is 7.82. The largest absolute Gasteiger partial charge is 0.491 e. The Labute approximate surface area is 159 Å². The molecule has 6 nitrogen and oxygen atoms in total. The van der Waals surface area contributed by atoms with Crippen molar-refractivity contribution in [1.82, 2.24) is 0 Å². The zero-order valence-corrected chi connectivity index (χ0v) is 15.8. The fourth-order valence-corrected chi connectivity index (χ4v) is 2.11. The van der Waals surface area contributed by atoms with Crippen molar-refractivity contribution in [3.05, 3.63) is 59.7 Å². The molecule has 0 unspecified atom stereocenters. The second-order valence-corrected chi connectivity index (χ2v) is 6.28. The van der Waals surface area contributed by atoms with Crippen LogP contribution in [0, 0.1) is 5.92 Å². The van der Waals surface area contributed by atoms with Gasteiger partial charge in [-0.2, -0.15) is 0 Å². The maximum atomic E-state index is 12.3. The minimum atomic E-state index is -0.522. The van der Waals surface area contributed by atoms with Crippen LogP contribution in [0.3, 0.4) is 0 Å². The third-order valence-electron chi connectivity index (χ3n) is 3.47. The molecule has 0 radical (unpaired) electrons. The number of rotatable bonds is 9. The van der Waals surface area contributed by atoms with Crippen LogP contribution in [0.2, 0.25) is 0 Å². The highest BCUT2D eigenvalue weighted by Crippen LogP contribution is 2.18. The molecule has 2 rings (SSSR count). The van der Waals surface area contributed by atoms with Crippen molar-refractivity contribution in [3.8, 4) is 11.5 Å². The Balaban J connectivity index is 1.97. The normalized spacial score (nSPS) is 10.5. The van der Waals surface area contributed by atoms with Crippen LogP contribution in [0.25, 0.3) is 0 Å². The third kappa shape index (κ3) is 6.75. The van der Waals surface area contributed by atoms with Crippen molar-refractivity contribution in [2.45, 2.75) is 13.8 Å². The number of methoxy groups -OCH3 is 1. The summed E-state index contributed by atoms with van der Waals surface area (Å²) >= 11 is 0. The van der Waals surface area contributed by atoms with Crippen LogP contribution in [0.15, 0.2) is 48.5 Å². The van der Waals surface area contributed by atoms with Gasteiger partial charge in [-0.1, -0.05) is 19.9 Å². The van der Waals surface area contributed by atoms with Crippen molar-refractivity contribution in [1.29, 1.82) is 0 Å². The van der Waals surface area contributed by atoms with E-state index in [1.54, 1.807) is 49.6 Å². The van der Waals surface area contributed by atoms with E-state index >= 15 is 0 Å². The molecule has 2 aromatic carbocycles. The molecule has 2 aromatic rings. The van der Waals surface area contributed by atoms with Gasteiger partial charge in [-0.3, -0.25) is 0 Å². The number of benzene rings is 2. The van der Waals surface area contributed by atoms with Gasteiger partial charge >= 0.3 is 11.9 Å². The highest BCUT2D eigenvalue weighted by molar-refractivity contribution is 5.92. The van der Waals surface area contributed by atoms with Crippen molar-refractivity contribution < 1.29 is 28.5 Å². The summed E-state index contributed by atoms with van der Waals surface area (Å²) in [7, 11) is 1.60. The summed E-state index contributed by atoms with van der Waals surface area (Å²) in [5.41, 5.74) is 0.713. The molecule has 0 aliphatic rings. The number of ether oxygens (including phenoxy) is 4. The van der Waals surface area contributed by atoms with Gasteiger partial charge in [-0.15, -0.1) is 0 Å². The Hall–Kier alpha value is -2.86. The average molecular weight is 372 g/mol. The standard InChI is InChI=1S/C21H24O6/c1-15(2)14-26-20(22)17-5-4-6-19(13-17)27-21(23)16-7-9-18(10-8-16)25-12-11-24-3/h4-10,13,15H,11-12,14H2,1-3H3. The Bertz CT molecular complexity index is 752. The second-order valence-electron chi connectivity index (χ2n) is 6.28. The Morgan fingerprint density at radius 1 is 0.889 bits per heavy atom. The maximum Gasteiger partial charge on any atom is 0.343 e. The van der Waals surface area contributed by atoms with E-state index in [4.69, 9.17) is 18.9 Å². The van der Waals surface area contributed by atoms with Crippen LogP contribution in [-0.4, -0.2) is 38.9 Å². The molecule has 0 aliphatic carbocycles. The van der Waals surface area contributed by atoms with E-state index in [9.17, 15) is 9.59 Å². The van der Waals surface area contributed by atoms with Crippen LogP contribution in [0.4, 0.5) is 0 Å². The van der Waals surface area contributed by atoms with E-state index in [-0.39, 0.29) is 11.7 Å². The molecule has 0 atom stereocenters. The van der Waals surface area contributed by atoms with Crippen molar-refractivity contribution in [2.75, 3.05) is 26.9 Å². The molecule has 144 valence electrons. The molecule has 0 spiro atoms. The minimum absolute atomic E-state index is 0.247. The van der Waals surface area contributed by atoms with Crippen LogP contribution < -0.4 is 9.47 Å². The zero-order chi connectivity index (χ0) is 19.6. The fraction of sp³-hybridized carbons (Fsp3) is 0.333. The van der Waals surface area contributed by atoms with Gasteiger partial charge in [0.2, 0.25) is 0 Å². The first kappa shape index (κ1) is 20.5. The number of carbonyl (C=O) groups excluding carboxylic acids is 2. The summed E-state index contributed by atoms with van der Waals surface area (Å²) in [5.74, 6) is 0.194. The Morgan fingerprint density at radius 3 is 2.30 bits per heavy atom. The smallest absolute Gasteiger partial charge is 0.343 e. The first-order valence-electron chi connectivity index (χ1n) is 8.70. The zero-order valence-electron chi connectivity index (χ0n) is 15.8. The molecule has 0 fully saturated rings. The molecule has 0 heterocycles. The monoisotopic (exact) mass is 372 g/mol. The van der Waals surface area contributed by atoms with Gasteiger partial charge in [0.05, 0.1) is 24.3 Å². The molecule has 0 N–H and O–H groups in total. The van der Waals surface area contributed by atoms with Gasteiger partial charge in [0, 0.05) is 7.11 Å². The van der Waals surface area contributed by atoms with Crippen molar-refractivity contribution >= 4 is 11.9 Å². The molecule has 6 heteroatoms. The fourth-order valence-electron chi connectivity index (χ4n) is 2.11. The Morgan fingerprint density at radius 2 is 1.63 bits per heavy atom. The third-order valence-corrected chi connectivity index (χ3v) is 3.47. The lowest BCUT2D eigenvalue weighted by Gasteiger charge is -2.09. The average Bonchev–Trinajstić information content (AvgIpc) is 2.67. The SMILES string of the molecule is COCCOc1ccc(C(=O)Oc2cccc(C(=O)OCC(C)C)c2)cc1. The van der Waals surface area contributed by atoms with Crippen LogP contribution >= 0.6 is 0 Å². The lowest BCUT2D eigenvalue weighted by atomic mass is 10.2. The lowest BCUT2D eigenvalue weighted by molar-refractivity contribution is 0.0457. The van der Waals surface area contributed by atoms with Gasteiger partial charge in [0.25, 0.3) is 0 Å². The quantitative estimate of drug-likeness (QED) is 0.379. The van der Waals surface area contributed by atoms with Crippen LogP contribution in [-0.2, 0) is 9.47 Å². The molecule has 0 amide bonds. The van der Waals surface area contributed by atoms with E-state index in [0.717, 1.165) is 0 Å². The van der Waals surface area contributed by atoms with Crippen LogP contribution in [0.1, 0.15) is 34.6 Å². The summed E-state index contributed by atoms with van der Waals surface area (Å²) in [6, 6.07) is 13.0. The first-order chi connectivity index (χ1) is 13.0. The summed E-state index contributed by atoms with van der Waals surface area (Å²) < 4.78 is 20.9. The van der Waals surface area contributed by atoms with Crippen LogP contribution in [0.5, 0.6) is 11.5 Å². The first-order valence-corrected chi connectivity index (χ1v) is 8.70. The minimum Gasteiger partial charge on any atom is -0.491 e. The number of esters is 2. The molecule has 0 saturated carbocycles. The van der Waals surface area contributed by atoms with Gasteiger partial charge in [-0.25, -0.2) is 9.59 Å². The van der Waals surface area contributed by atoms with Gasteiger partial charge < -0.3 is 18.9 Å². The summed E-state index contributed by atoms with van der Waals surface area (Å²) in [4.78, 5) is 24.3. The maximum absolute atomic E-state index is 12.3. The van der Waals surface area contributed by atoms with Crippen molar-refractivity contribution in [2.24, 2.45) is 5.92 Å². The molecule has 0 bridgehead atoms. The van der Waals surface area contributed by atoms with E-state index in [1.807, 2.05) is 13.8 Å². The van der Waals surface area contributed by atoms with Gasteiger partial charge in [0.15, 0.2) is 0 Å². The van der Waals surface area contributed by atoms with E-state index in [1.165, 1.54) is 6.07 Å². The number of hydrogen-bond acceptors (Lipinski definition) is 6. The highest BCUT2D eigenvalue weighted by atomic mass is 16.5. The molecule has 0 aliphatic heterocycles. The molecule has 27 heavy (non-hydrogen) atoms. The number of hydrogen-bond donors (Lipinski definition) is 0. The van der Waals surface area contributed by atoms with Gasteiger partial charge in [0.1, 0.15) is 18.1 Å². The molecule has 0 aromatic heterocycles. The summed E-state index contributed by atoms with van der Waals surface area (Å²) in [5, 5.41) is 0. The molecule has 0 saturated heterocycles. The predicted molar refractivity (Wildman–Crippen MR) is 100 cm³/mol.